The summed E-state index contributed by atoms with van der Waals surface area (Å²) >= 11 is 0. The minimum atomic E-state index is -0.995. The second kappa shape index (κ2) is 6.25. The summed E-state index contributed by atoms with van der Waals surface area (Å²) in [6.07, 6.45) is 0. The van der Waals surface area contributed by atoms with Gasteiger partial charge in [-0.15, -0.1) is 0 Å². The maximum absolute atomic E-state index is 13.3. The molecular weight excluding hydrogens is 262 g/mol. The zero-order chi connectivity index (χ0) is 14.5. The van der Waals surface area contributed by atoms with Gasteiger partial charge in [-0.05, 0) is 24.3 Å². The Kier molecular flexibility index (Phi) is 4.42. The molecule has 2 aromatic carbocycles. The van der Waals surface area contributed by atoms with Crippen LogP contribution >= 0.6 is 0 Å². The first-order valence-electron chi connectivity index (χ1n) is 6.15. The molecule has 0 fully saturated rings. The van der Waals surface area contributed by atoms with Crippen molar-refractivity contribution in [1.29, 1.82) is 0 Å². The van der Waals surface area contributed by atoms with Crippen LogP contribution in [0.3, 0.4) is 0 Å². The van der Waals surface area contributed by atoms with Crippen LogP contribution in [0.1, 0.15) is 10.4 Å². The molecule has 2 aromatic rings. The van der Waals surface area contributed by atoms with Gasteiger partial charge >= 0.3 is 0 Å². The number of carbonyl (C=O) groups excluding carboxylic acids is 1. The van der Waals surface area contributed by atoms with E-state index in [2.05, 4.69) is 0 Å². The molecule has 0 saturated carbocycles. The first kappa shape index (κ1) is 14.1. The van der Waals surface area contributed by atoms with Crippen LogP contribution in [-0.4, -0.2) is 19.0 Å². The molecule has 0 heterocycles. The van der Waals surface area contributed by atoms with Crippen LogP contribution in [0.5, 0.6) is 0 Å². The van der Waals surface area contributed by atoms with Crippen molar-refractivity contribution >= 4 is 11.6 Å². The van der Waals surface area contributed by atoms with Crippen molar-refractivity contribution in [2.75, 3.05) is 18.0 Å². The zero-order valence-electron chi connectivity index (χ0n) is 10.7. The molecule has 2 N–H and O–H groups in total. The predicted octanol–water partition coefficient (Wildman–Crippen LogP) is 2.57. The van der Waals surface area contributed by atoms with Gasteiger partial charge in [0, 0.05) is 30.4 Å². The predicted molar refractivity (Wildman–Crippen MR) is 73.5 cm³/mol. The zero-order valence-corrected chi connectivity index (χ0v) is 10.7. The highest BCUT2D eigenvalue weighted by Gasteiger charge is 2.18. The Morgan fingerprint density at radius 2 is 1.75 bits per heavy atom. The lowest BCUT2D eigenvalue weighted by atomic mass is 10.1. The minimum absolute atomic E-state index is 0.220. The van der Waals surface area contributed by atoms with E-state index < -0.39 is 11.6 Å². The number of benzene rings is 2. The molecule has 0 bridgehead atoms. The van der Waals surface area contributed by atoms with Crippen LogP contribution in [0.25, 0.3) is 0 Å². The molecule has 0 spiro atoms. The van der Waals surface area contributed by atoms with Crippen molar-refractivity contribution in [3.63, 3.8) is 0 Å². The van der Waals surface area contributed by atoms with E-state index in [4.69, 9.17) is 5.73 Å². The molecule has 5 heteroatoms. The van der Waals surface area contributed by atoms with Gasteiger partial charge in [0.2, 0.25) is 0 Å². The molecule has 0 radical (unpaired) electrons. The van der Waals surface area contributed by atoms with E-state index in [9.17, 15) is 13.6 Å². The molecule has 1 amide bonds. The summed E-state index contributed by atoms with van der Waals surface area (Å²) in [6, 6.07) is 11.9. The first-order chi connectivity index (χ1) is 9.63. The van der Waals surface area contributed by atoms with Gasteiger partial charge in [0.05, 0.1) is 0 Å². The lowest BCUT2D eigenvalue weighted by Gasteiger charge is -2.22. The Bertz CT molecular complexity index is 602. The minimum Gasteiger partial charge on any atom is -0.329 e. The number of hydrogen-bond acceptors (Lipinski definition) is 2. The van der Waals surface area contributed by atoms with E-state index in [1.54, 1.807) is 30.3 Å². The van der Waals surface area contributed by atoms with Gasteiger partial charge in [-0.2, -0.15) is 0 Å². The highest BCUT2D eigenvalue weighted by Crippen LogP contribution is 2.20. The van der Waals surface area contributed by atoms with Crippen molar-refractivity contribution in [2.24, 2.45) is 5.73 Å². The Morgan fingerprint density at radius 3 is 2.35 bits per heavy atom. The number of rotatable bonds is 4. The van der Waals surface area contributed by atoms with E-state index in [0.29, 0.717) is 5.56 Å². The van der Waals surface area contributed by atoms with Gasteiger partial charge in [0.1, 0.15) is 0 Å². The fourth-order valence-electron chi connectivity index (χ4n) is 1.87. The molecule has 3 nitrogen and oxygen atoms in total. The van der Waals surface area contributed by atoms with Crippen LogP contribution < -0.4 is 10.6 Å². The molecule has 0 aliphatic carbocycles. The van der Waals surface area contributed by atoms with Crippen molar-refractivity contribution < 1.29 is 13.6 Å². The molecule has 20 heavy (non-hydrogen) atoms. The van der Waals surface area contributed by atoms with Gasteiger partial charge in [-0.3, -0.25) is 4.79 Å². The van der Waals surface area contributed by atoms with E-state index in [0.717, 1.165) is 12.1 Å². The quantitative estimate of drug-likeness (QED) is 0.933. The van der Waals surface area contributed by atoms with Crippen LogP contribution in [0, 0.1) is 11.6 Å². The van der Waals surface area contributed by atoms with E-state index in [1.807, 2.05) is 0 Å². The largest absolute Gasteiger partial charge is 0.329 e. The summed E-state index contributed by atoms with van der Waals surface area (Å²) in [5.74, 6) is -2.25. The normalized spacial score (nSPS) is 10.3. The van der Waals surface area contributed by atoms with Crippen LogP contribution in [0.2, 0.25) is 0 Å². The molecule has 0 aliphatic heterocycles. The maximum Gasteiger partial charge on any atom is 0.258 e. The van der Waals surface area contributed by atoms with Gasteiger partial charge in [-0.25, -0.2) is 8.78 Å². The monoisotopic (exact) mass is 276 g/mol. The average Bonchev–Trinajstić information content (AvgIpc) is 2.48. The van der Waals surface area contributed by atoms with Crippen LogP contribution in [0.15, 0.2) is 48.5 Å². The Hall–Kier alpha value is -2.27. The molecule has 0 unspecified atom stereocenters. The number of anilines is 1. The fraction of sp³-hybridized carbons (Fsp3) is 0.133. The third-order valence-corrected chi connectivity index (χ3v) is 2.83. The summed E-state index contributed by atoms with van der Waals surface area (Å²) in [5, 5.41) is 0. The van der Waals surface area contributed by atoms with Gasteiger partial charge < -0.3 is 10.6 Å². The molecule has 0 atom stereocenters. The Balaban J connectivity index is 2.35. The highest BCUT2D eigenvalue weighted by atomic mass is 19.2. The topological polar surface area (TPSA) is 46.3 Å². The standard InChI is InChI=1S/C15H14F2N2O/c16-13-7-6-12(10-14(13)17)19(9-8-18)15(20)11-4-2-1-3-5-11/h1-7,10H,8-9,18H2. The second-order valence-electron chi connectivity index (χ2n) is 4.21. The number of nitrogens with zero attached hydrogens (tertiary/aromatic N) is 1. The molecule has 2 rings (SSSR count). The Morgan fingerprint density at radius 1 is 1.05 bits per heavy atom. The van der Waals surface area contributed by atoms with Crippen molar-refractivity contribution in [3.8, 4) is 0 Å². The van der Waals surface area contributed by atoms with Crippen molar-refractivity contribution in [3.05, 3.63) is 65.7 Å². The molecule has 104 valence electrons. The molecule has 0 aliphatic rings. The first-order valence-corrected chi connectivity index (χ1v) is 6.15. The third kappa shape index (κ3) is 3.00. The summed E-state index contributed by atoms with van der Waals surface area (Å²) < 4.78 is 26.3. The van der Waals surface area contributed by atoms with Gasteiger partial charge in [0.15, 0.2) is 11.6 Å². The molecular formula is C15H14F2N2O. The van der Waals surface area contributed by atoms with Gasteiger partial charge in [-0.1, -0.05) is 18.2 Å². The molecule has 0 saturated heterocycles. The third-order valence-electron chi connectivity index (χ3n) is 2.83. The summed E-state index contributed by atoms with van der Waals surface area (Å²) in [4.78, 5) is 13.7. The summed E-state index contributed by atoms with van der Waals surface area (Å²) in [7, 11) is 0. The van der Waals surface area contributed by atoms with E-state index in [-0.39, 0.29) is 24.7 Å². The lowest BCUT2D eigenvalue weighted by molar-refractivity contribution is 0.0987. The summed E-state index contributed by atoms with van der Waals surface area (Å²) in [6.45, 7) is 0.441. The second-order valence-corrected chi connectivity index (χ2v) is 4.21. The Labute approximate surface area is 115 Å². The van der Waals surface area contributed by atoms with Crippen molar-refractivity contribution in [1.82, 2.24) is 0 Å². The number of nitrogens with two attached hydrogens (primary N) is 1. The number of amides is 1. The smallest absolute Gasteiger partial charge is 0.258 e. The highest BCUT2D eigenvalue weighted by molar-refractivity contribution is 6.06. The number of carbonyl (C=O) groups is 1. The van der Waals surface area contributed by atoms with Crippen LogP contribution in [0.4, 0.5) is 14.5 Å². The van der Waals surface area contributed by atoms with Gasteiger partial charge in [0.25, 0.3) is 5.91 Å². The number of hydrogen-bond donors (Lipinski definition) is 1. The fourth-order valence-corrected chi connectivity index (χ4v) is 1.87. The number of halogens is 2. The summed E-state index contributed by atoms with van der Waals surface area (Å²) in [5.41, 5.74) is 6.23. The van der Waals surface area contributed by atoms with Crippen LogP contribution in [-0.2, 0) is 0 Å². The van der Waals surface area contributed by atoms with Crippen molar-refractivity contribution in [2.45, 2.75) is 0 Å². The van der Waals surface area contributed by atoms with E-state index >= 15 is 0 Å². The molecule has 0 aromatic heterocycles. The lowest BCUT2D eigenvalue weighted by Crippen LogP contribution is -2.35. The van der Waals surface area contributed by atoms with E-state index in [1.165, 1.54) is 11.0 Å². The average molecular weight is 276 g/mol. The SMILES string of the molecule is NCCN(C(=O)c1ccccc1)c1ccc(F)c(F)c1. The maximum atomic E-state index is 13.3.